The van der Waals surface area contributed by atoms with E-state index >= 15 is 9.59 Å². The van der Waals surface area contributed by atoms with Crippen molar-refractivity contribution < 1.29 is 57.8 Å². The molecule has 1 aliphatic rings. The van der Waals surface area contributed by atoms with Crippen molar-refractivity contribution in [1.82, 2.24) is 55.6 Å². The summed E-state index contributed by atoms with van der Waals surface area (Å²) in [6.45, 7) is 29.0. The van der Waals surface area contributed by atoms with Gasteiger partial charge in [0.15, 0.2) is 0 Å². The van der Waals surface area contributed by atoms with Crippen molar-refractivity contribution in [2.24, 2.45) is 41.4 Å². The first-order valence-electron chi connectivity index (χ1n) is 30.0. The molecule has 1 heterocycles. The molecule has 5 N–H and O–H groups in total. The van der Waals surface area contributed by atoms with Gasteiger partial charge in [0.1, 0.15) is 60.4 Å². The number of rotatable bonds is 14. The van der Waals surface area contributed by atoms with Crippen LogP contribution in [0.1, 0.15) is 150 Å². The SMILES string of the molecule is C/C=C/C[C@@H](C)[C@@H](O)[C@H]1C(=O)N[C@@H](C)C(=O)N(C)CC(=O)N(C)[C@@H](CC(C)C)C(=O)N[C@@H](C(C)C)C(=O)N(C)[C@@H](CC(C)C)C(=O)N[C@@H](C)C(=O)N[C@H](C)C(=O)N(C)[C@@H](CC(C)C)C(=O)N(C)[C@@H](CC(C)C)C(=O)N(C)[C@@H](C(C)C)C(=O)N1C. The minimum atomic E-state index is -1.61. The second-order valence-corrected chi connectivity index (χ2v) is 25.9. The van der Waals surface area contributed by atoms with Crippen molar-refractivity contribution in [1.29, 1.82) is 0 Å². The van der Waals surface area contributed by atoms with E-state index in [0.717, 1.165) is 9.80 Å². The van der Waals surface area contributed by atoms with Gasteiger partial charge in [0.2, 0.25) is 65.0 Å². The molecule has 0 aliphatic carbocycles. The van der Waals surface area contributed by atoms with Crippen LogP contribution in [0.25, 0.3) is 0 Å². The molecule has 12 atom stereocenters. The largest absolute Gasteiger partial charge is 0.390 e. The molecule has 0 radical (unpaired) electrons. The highest BCUT2D eigenvalue weighted by Crippen LogP contribution is 2.25. The Kier molecular flexibility index (Phi) is 30.8. The summed E-state index contributed by atoms with van der Waals surface area (Å²) < 4.78 is 0. The van der Waals surface area contributed by atoms with Crippen LogP contribution in [-0.2, 0) is 52.7 Å². The second-order valence-electron chi connectivity index (χ2n) is 25.9. The van der Waals surface area contributed by atoms with E-state index in [1.54, 1.807) is 53.7 Å². The number of aliphatic hydroxyl groups is 1. The molecule has 1 rings (SSSR count). The van der Waals surface area contributed by atoms with Crippen LogP contribution in [0.5, 0.6) is 0 Å². The molecule has 23 heteroatoms. The molecule has 0 aromatic rings. The number of carbonyl (C=O) groups excluding carboxylic acids is 11. The highest BCUT2D eigenvalue weighted by atomic mass is 16.3. The lowest BCUT2D eigenvalue weighted by Gasteiger charge is -2.41. The van der Waals surface area contributed by atoms with Crippen molar-refractivity contribution in [2.75, 3.05) is 55.9 Å². The molecule has 11 amide bonds. The van der Waals surface area contributed by atoms with E-state index in [1.165, 1.54) is 94.6 Å². The molecule has 0 aromatic heterocycles. The third-order valence-electron chi connectivity index (χ3n) is 15.8. The van der Waals surface area contributed by atoms with Gasteiger partial charge in [-0.3, -0.25) is 52.7 Å². The Labute approximate surface area is 502 Å². The summed E-state index contributed by atoms with van der Waals surface area (Å²) in [6, 6.07) is -12.4. The van der Waals surface area contributed by atoms with E-state index in [2.05, 4.69) is 21.3 Å². The van der Waals surface area contributed by atoms with E-state index in [-0.39, 0.29) is 49.4 Å². The number of likely N-dealkylation sites (N-methyl/N-ethyl adjacent to an activating group) is 7. The van der Waals surface area contributed by atoms with Crippen molar-refractivity contribution in [2.45, 2.75) is 216 Å². The monoisotopic (exact) mass is 1190 g/mol. The zero-order valence-electron chi connectivity index (χ0n) is 55.4. The van der Waals surface area contributed by atoms with Gasteiger partial charge >= 0.3 is 0 Å². The molecule has 84 heavy (non-hydrogen) atoms. The Morgan fingerprint density at radius 3 is 1.26 bits per heavy atom. The normalized spacial score (nSPS) is 27.1. The number of nitrogens with zero attached hydrogens (tertiary/aromatic N) is 7. The van der Waals surface area contributed by atoms with Crippen LogP contribution in [0.4, 0.5) is 0 Å². The van der Waals surface area contributed by atoms with Gasteiger partial charge in [-0.2, -0.15) is 0 Å². The number of amides is 11. The van der Waals surface area contributed by atoms with Gasteiger partial charge in [0.05, 0.1) is 12.6 Å². The van der Waals surface area contributed by atoms with Crippen molar-refractivity contribution >= 4 is 65.0 Å². The molecule has 1 aliphatic heterocycles. The fourth-order valence-electron chi connectivity index (χ4n) is 10.5. The predicted octanol–water partition coefficient (Wildman–Crippen LogP) is 2.88. The number of hydrogen-bond acceptors (Lipinski definition) is 12. The molecule has 0 saturated carbocycles. The summed E-state index contributed by atoms with van der Waals surface area (Å²) in [7, 11) is 9.87. The van der Waals surface area contributed by atoms with Gasteiger partial charge in [0, 0.05) is 49.3 Å². The van der Waals surface area contributed by atoms with Crippen LogP contribution in [0, 0.1) is 41.4 Å². The second kappa shape index (κ2) is 34.1. The van der Waals surface area contributed by atoms with E-state index < -0.39 is 156 Å². The van der Waals surface area contributed by atoms with Crippen molar-refractivity contribution in [3.63, 3.8) is 0 Å². The number of allylic oxidation sites excluding steroid dienone is 2. The Balaban J connectivity index is 4.28. The standard InChI is InChI=1S/C61H109N11O12/c1-25-26-27-39(14)51(74)50-55(78)64-41(16)56(79)66(18)32-47(73)67(19)43(28-33(2)3)54(77)65-48(37(10)11)60(83)68(20)44(29-34(4)5)53(76)62-40(15)52(75)63-42(17)57(80)69(21)45(30-35(6)7)58(81)70(22)46(31-36(8)9)59(82)71(23)49(38(12)13)61(84)72(50)24/h25-26,33-46,48-51,74H,27-32H2,1-24H3,(H,62,76)(H,63,75)(H,64,78)(H,65,77)/b26-25+/t39-,40+,41+,42-,43+,44+,45+,46+,48+,49+,50+,51-/m1/s1. The molecule has 480 valence electrons. The maximum absolute atomic E-state index is 15.1. The Morgan fingerprint density at radius 1 is 0.429 bits per heavy atom. The highest BCUT2D eigenvalue weighted by Gasteiger charge is 2.45. The number of hydrogen-bond donors (Lipinski definition) is 5. The minimum absolute atomic E-state index is 0.129. The van der Waals surface area contributed by atoms with Gasteiger partial charge in [-0.25, -0.2) is 0 Å². The van der Waals surface area contributed by atoms with Crippen LogP contribution in [0.15, 0.2) is 12.2 Å². The zero-order valence-corrected chi connectivity index (χ0v) is 55.4. The van der Waals surface area contributed by atoms with E-state index in [4.69, 9.17) is 0 Å². The summed E-state index contributed by atoms with van der Waals surface area (Å²) in [5.74, 6) is -9.78. The number of carbonyl (C=O) groups is 11. The molecule has 1 saturated heterocycles. The lowest BCUT2D eigenvalue weighted by molar-refractivity contribution is -0.157. The third kappa shape index (κ3) is 21.1. The van der Waals surface area contributed by atoms with E-state index in [9.17, 15) is 48.3 Å². The molecule has 0 aromatic carbocycles. The Bertz CT molecular complexity index is 2310. The zero-order chi connectivity index (χ0) is 65.3. The Hall–Kier alpha value is -6.13. The number of aliphatic hydroxyl groups excluding tert-OH is 1. The summed E-state index contributed by atoms with van der Waals surface area (Å²) in [5, 5.41) is 22.9. The summed E-state index contributed by atoms with van der Waals surface area (Å²) in [4.78, 5) is 168. The molecule has 0 bridgehead atoms. The number of nitrogens with one attached hydrogen (secondary N) is 4. The first-order valence-corrected chi connectivity index (χ1v) is 30.0. The summed E-state index contributed by atoms with van der Waals surface area (Å²) in [6.07, 6.45) is 3.00. The van der Waals surface area contributed by atoms with Crippen LogP contribution < -0.4 is 21.3 Å². The molecular formula is C61H109N11O12. The smallest absolute Gasteiger partial charge is 0.246 e. The van der Waals surface area contributed by atoms with E-state index in [0.29, 0.717) is 6.42 Å². The van der Waals surface area contributed by atoms with Crippen LogP contribution in [0.3, 0.4) is 0 Å². The maximum atomic E-state index is 15.1. The summed E-state index contributed by atoms with van der Waals surface area (Å²) >= 11 is 0. The molecule has 23 nitrogen and oxygen atoms in total. The average Bonchev–Trinajstić information content (AvgIpc) is 2.58. The maximum Gasteiger partial charge on any atom is 0.246 e. The van der Waals surface area contributed by atoms with Gasteiger partial charge in [-0.15, -0.1) is 0 Å². The molecular weight excluding hydrogens is 1080 g/mol. The molecule has 0 unspecified atom stereocenters. The minimum Gasteiger partial charge on any atom is -0.390 e. The predicted molar refractivity (Wildman–Crippen MR) is 324 cm³/mol. The molecule has 1 fully saturated rings. The lowest BCUT2D eigenvalue weighted by Crippen LogP contribution is -2.63. The van der Waals surface area contributed by atoms with Gasteiger partial charge in [0.25, 0.3) is 0 Å². The van der Waals surface area contributed by atoms with Crippen LogP contribution in [-0.4, -0.2) is 227 Å². The van der Waals surface area contributed by atoms with Gasteiger partial charge < -0.3 is 60.7 Å². The lowest BCUT2D eigenvalue weighted by atomic mass is 9.91. The average molecular weight is 1190 g/mol. The quantitative estimate of drug-likeness (QED) is 0.157. The first-order chi connectivity index (χ1) is 38.7. The van der Waals surface area contributed by atoms with E-state index in [1.807, 2.05) is 55.4 Å². The van der Waals surface area contributed by atoms with Gasteiger partial charge in [-0.05, 0) is 101 Å². The first kappa shape index (κ1) is 75.9. The molecule has 0 spiro atoms. The summed E-state index contributed by atoms with van der Waals surface area (Å²) in [5.41, 5.74) is 0. The van der Waals surface area contributed by atoms with Crippen molar-refractivity contribution in [3.8, 4) is 0 Å². The third-order valence-corrected chi connectivity index (χ3v) is 15.8. The Morgan fingerprint density at radius 2 is 0.810 bits per heavy atom. The van der Waals surface area contributed by atoms with Crippen LogP contribution in [0.2, 0.25) is 0 Å². The topological polar surface area (TPSA) is 279 Å². The van der Waals surface area contributed by atoms with Gasteiger partial charge in [-0.1, -0.05) is 102 Å². The fraction of sp³-hybridized carbons (Fsp3) is 0.787. The highest BCUT2D eigenvalue weighted by molar-refractivity contribution is 5.99. The fourth-order valence-corrected chi connectivity index (χ4v) is 10.5. The van der Waals surface area contributed by atoms with Crippen LogP contribution >= 0.6 is 0 Å². The van der Waals surface area contributed by atoms with Crippen molar-refractivity contribution in [3.05, 3.63) is 12.2 Å².